The number of nitrogens with two attached hydrogens (primary N) is 2. The lowest BCUT2D eigenvalue weighted by molar-refractivity contribution is 1.43. The Morgan fingerprint density at radius 2 is 2.00 bits per heavy atom. The third-order valence-electron chi connectivity index (χ3n) is 2.13. The van der Waals surface area contributed by atoms with Gasteiger partial charge in [0.05, 0.1) is 0 Å². The molecule has 4 N–H and O–H groups in total. The highest BCUT2D eigenvalue weighted by Crippen LogP contribution is 2.15. The third kappa shape index (κ3) is 1.74. The second kappa shape index (κ2) is 3.57. The maximum Gasteiger partial charge on any atom is 0.162 e. The minimum atomic E-state index is 0.454. The molecule has 0 aromatic heterocycles. The highest BCUT2D eigenvalue weighted by molar-refractivity contribution is 6.16. The first-order valence-corrected chi connectivity index (χ1v) is 4.66. The first-order chi connectivity index (χ1) is 7.20. The molecule has 1 aliphatic rings. The number of nitrogen functional groups attached to an aromatic ring is 1. The van der Waals surface area contributed by atoms with Crippen LogP contribution in [0.1, 0.15) is 12.5 Å². The van der Waals surface area contributed by atoms with E-state index in [0.29, 0.717) is 23.1 Å². The Labute approximate surface area is 88.0 Å². The molecule has 2 rings (SSSR count). The van der Waals surface area contributed by atoms with Crippen molar-refractivity contribution in [2.75, 3.05) is 5.73 Å². The molecule has 0 amide bonds. The van der Waals surface area contributed by atoms with Gasteiger partial charge in [-0.3, -0.25) is 0 Å². The Hall–Kier alpha value is -2.10. The maximum absolute atomic E-state index is 5.69. The van der Waals surface area contributed by atoms with E-state index in [1.54, 1.807) is 0 Å². The number of rotatable bonds is 1. The summed E-state index contributed by atoms with van der Waals surface area (Å²) in [6.45, 7) is 1.88. The lowest BCUT2D eigenvalue weighted by atomic mass is 10.2. The molecule has 15 heavy (non-hydrogen) atoms. The second-order valence-electron chi connectivity index (χ2n) is 3.23. The molecule has 0 bridgehead atoms. The first-order valence-electron chi connectivity index (χ1n) is 4.66. The molecule has 0 fully saturated rings. The van der Waals surface area contributed by atoms with Crippen molar-refractivity contribution in [2.45, 2.75) is 6.92 Å². The zero-order chi connectivity index (χ0) is 10.8. The van der Waals surface area contributed by atoms with E-state index in [1.807, 2.05) is 37.3 Å². The molecule has 0 atom stereocenters. The van der Waals surface area contributed by atoms with Crippen LogP contribution < -0.4 is 11.5 Å². The molecule has 0 saturated carbocycles. The molecule has 1 aromatic carbocycles. The van der Waals surface area contributed by atoms with Gasteiger partial charge >= 0.3 is 0 Å². The fourth-order valence-electron chi connectivity index (χ4n) is 1.39. The molecule has 0 aliphatic carbocycles. The molecular weight excluding hydrogens is 188 g/mol. The van der Waals surface area contributed by atoms with Gasteiger partial charge < -0.3 is 11.5 Å². The van der Waals surface area contributed by atoms with Crippen molar-refractivity contribution < 1.29 is 0 Å². The number of amidine groups is 2. The molecular formula is C11H12N4. The van der Waals surface area contributed by atoms with Crippen LogP contribution in [0.2, 0.25) is 0 Å². The van der Waals surface area contributed by atoms with Crippen molar-refractivity contribution in [1.82, 2.24) is 0 Å². The van der Waals surface area contributed by atoms with Crippen molar-refractivity contribution in [3.05, 3.63) is 41.6 Å². The number of hydrogen-bond acceptors (Lipinski definition) is 4. The largest absolute Gasteiger partial charge is 0.399 e. The summed E-state index contributed by atoms with van der Waals surface area (Å²) in [5.41, 5.74) is 13.7. The highest BCUT2D eigenvalue weighted by Gasteiger charge is 2.13. The lowest BCUT2D eigenvalue weighted by Gasteiger charge is -1.97. The van der Waals surface area contributed by atoms with Gasteiger partial charge in [0.1, 0.15) is 5.70 Å². The normalized spacial score (nSPS) is 17.8. The van der Waals surface area contributed by atoms with E-state index in [9.17, 15) is 0 Å². The van der Waals surface area contributed by atoms with Gasteiger partial charge in [-0.2, -0.15) is 0 Å². The number of aliphatic imine (C=N–C) groups is 2. The van der Waals surface area contributed by atoms with Crippen LogP contribution in [0.15, 0.2) is 46.0 Å². The SMILES string of the molecule is C/C=C1\N=C(c2cccc(N)c2)N=C1N. The summed E-state index contributed by atoms with van der Waals surface area (Å²) < 4.78 is 0. The zero-order valence-electron chi connectivity index (χ0n) is 8.44. The van der Waals surface area contributed by atoms with Crippen molar-refractivity contribution >= 4 is 17.4 Å². The summed E-state index contributed by atoms with van der Waals surface area (Å²) >= 11 is 0. The molecule has 0 radical (unpaired) electrons. The van der Waals surface area contributed by atoms with Crippen molar-refractivity contribution in [1.29, 1.82) is 0 Å². The van der Waals surface area contributed by atoms with Crippen molar-refractivity contribution in [3.63, 3.8) is 0 Å². The van der Waals surface area contributed by atoms with Crippen LogP contribution in [-0.4, -0.2) is 11.7 Å². The van der Waals surface area contributed by atoms with Crippen LogP contribution in [0.5, 0.6) is 0 Å². The minimum Gasteiger partial charge on any atom is -0.399 e. The Morgan fingerprint density at radius 1 is 1.20 bits per heavy atom. The Morgan fingerprint density at radius 3 is 2.60 bits per heavy atom. The Bertz CT molecular complexity index is 483. The van der Waals surface area contributed by atoms with Gasteiger partial charge in [-0.1, -0.05) is 18.2 Å². The molecule has 76 valence electrons. The summed E-state index contributed by atoms with van der Waals surface area (Å²) in [5.74, 6) is 1.07. The molecule has 0 unspecified atom stereocenters. The van der Waals surface area contributed by atoms with E-state index in [0.717, 1.165) is 5.56 Å². The van der Waals surface area contributed by atoms with Gasteiger partial charge in [-0.15, -0.1) is 0 Å². The fourth-order valence-corrected chi connectivity index (χ4v) is 1.39. The van der Waals surface area contributed by atoms with Crippen molar-refractivity contribution in [3.8, 4) is 0 Å². The predicted molar refractivity (Wildman–Crippen MR) is 62.8 cm³/mol. The summed E-state index contributed by atoms with van der Waals surface area (Å²) in [6, 6.07) is 7.42. The first kappa shape index (κ1) is 9.45. The minimum absolute atomic E-state index is 0.454. The zero-order valence-corrected chi connectivity index (χ0v) is 8.44. The Kier molecular flexibility index (Phi) is 2.25. The Balaban J connectivity index is 2.43. The van der Waals surface area contributed by atoms with Gasteiger partial charge in [0.2, 0.25) is 0 Å². The topological polar surface area (TPSA) is 76.8 Å². The molecule has 1 aromatic rings. The molecule has 0 spiro atoms. The van der Waals surface area contributed by atoms with Crippen molar-refractivity contribution in [2.24, 2.45) is 15.7 Å². The molecule has 4 heteroatoms. The molecule has 4 nitrogen and oxygen atoms in total. The van der Waals surface area contributed by atoms with Crippen LogP contribution >= 0.6 is 0 Å². The van der Waals surface area contributed by atoms with E-state index >= 15 is 0 Å². The van der Waals surface area contributed by atoms with E-state index < -0.39 is 0 Å². The summed E-state index contributed by atoms with van der Waals surface area (Å²) in [7, 11) is 0. The number of benzene rings is 1. The predicted octanol–water partition coefficient (Wildman–Crippen LogP) is 1.29. The standard InChI is InChI=1S/C11H12N4/c1-2-9-10(13)15-11(14-9)7-4-3-5-8(12)6-7/h2-6H,12H2,1H3,(H2,13,14,15)/b9-2-. The molecule has 0 saturated heterocycles. The van der Waals surface area contributed by atoms with Crippen LogP contribution in [0.4, 0.5) is 5.69 Å². The third-order valence-corrected chi connectivity index (χ3v) is 2.13. The number of anilines is 1. The summed E-state index contributed by atoms with van der Waals surface area (Å²) in [4.78, 5) is 8.47. The van der Waals surface area contributed by atoms with E-state index in [4.69, 9.17) is 11.5 Å². The van der Waals surface area contributed by atoms with Crippen LogP contribution in [-0.2, 0) is 0 Å². The van der Waals surface area contributed by atoms with Gasteiger partial charge in [0.15, 0.2) is 11.7 Å². The number of hydrogen-bond donors (Lipinski definition) is 2. The molecule has 1 aliphatic heterocycles. The van der Waals surface area contributed by atoms with Gasteiger partial charge in [0, 0.05) is 11.3 Å². The molecule has 1 heterocycles. The van der Waals surface area contributed by atoms with Crippen LogP contribution in [0.25, 0.3) is 0 Å². The smallest absolute Gasteiger partial charge is 0.162 e. The summed E-state index contributed by atoms with van der Waals surface area (Å²) in [6.07, 6.45) is 1.83. The van der Waals surface area contributed by atoms with E-state index in [1.165, 1.54) is 0 Å². The monoisotopic (exact) mass is 200 g/mol. The van der Waals surface area contributed by atoms with E-state index in [-0.39, 0.29) is 0 Å². The second-order valence-corrected chi connectivity index (χ2v) is 3.23. The van der Waals surface area contributed by atoms with Gasteiger partial charge in [-0.05, 0) is 19.1 Å². The highest BCUT2D eigenvalue weighted by atomic mass is 15.1. The summed E-state index contributed by atoms with van der Waals surface area (Å²) in [5, 5.41) is 0. The van der Waals surface area contributed by atoms with Gasteiger partial charge in [-0.25, -0.2) is 9.98 Å². The van der Waals surface area contributed by atoms with Gasteiger partial charge in [0.25, 0.3) is 0 Å². The fraction of sp³-hybridized carbons (Fsp3) is 0.0909. The average molecular weight is 200 g/mol. The average Bonchev–Trinajstić information content (AvgIpc) is 2.60. The van der Waals surface area contributed by atoms with Crippen LogP contribution in [0, 0.1) is 0 Å². The number of allylic oxidation sites excluding steroid dienone is 1. The van der Waals surface area contributed by atoms with Crippen LogP contribution in [0.3, 0.4) is 0 Å². The maximum atomic E-state index is 5.69. The quantitative estimate of drug-likeness (QED) is 0.670. The number of nitrogens with zero attached hydrogens (tertiary/aromatic N) is 2. The lowest BCUT2D eigenvalue weighted by Crippen LogP contribution is -2.10. The van der Waals surface area contributed by atoms with E-state index in [2.05, 4.69) is 9.98 Å².